The number of anilines is 1. The van der Waals surface area contributed by atoms with Crippen LogP contribution in [0.3, 0.4) is 0 Å². The molecule has 1 heterocycles. The maximum atomic E-state index is 13.1. The molecular formula is C13H14F4N2O. The van der Waals surface area contributed by atoms with Gasteiger partial charge in [-0.1, -0.05) is 0 Å². The van der Waals surface area contributed by atoms with E-state index in [4.69, 9.17) is 0 Å². The van der Waals surface area contributed by atoms with Crippen LogP contribution >= 0.6 is 0 Å². The third-order valence-electron chi connectivity index (χ3n) is 3.19. The molecule has 0 radical (unpaired) electrons. The van der Waals surface area contributed by atoms with Gasteiger partial charge in [-0.05, 0) is 43.6 Å². The Morgan fingerprint density at radius 1 is 1.40 bits per heavy atom. The van der Waals surface area contributed by atoms with E-state index in [9.17, 15) is 22.4 Å². The molecule has 2 N–H and O–H groups in total. The molecule has 1 atom stereocenters. The van der Waals surface area contributed by atoms with Crippen LogP contribution in [0.15, 0.2) is 18.2 Å². The van der Waals surface area contributed by atoms with Crippen molar-refractivity contribution in [2.45, 2.75) is 19.0 Å². The van der Waals surface area contributed by atoms with Crippen LogP contribution in [0.4, 0.5) is 23.2 Å². The molecule has 110 valence electrons. The summed E-state index contributed by atoms with van der Waals surface area (Å²) in [7, 11) is 0. The highest BCUT2D eigenvalue weighted by Gasteiger charge is 2.34. The molecule has 1 amide bonds. The number of alkyl halides is 3. The van der Waals surface area contributed by atoms with Crippen molar-refractivity contribution in [1.29, 1.82) is 0 Å². The highest BCUT2D eigenvalue weighted by molar-refractivity contribution is 5.91. The molecule has 1 aromatic carbocycles. The number of amides is 1. The fourth-order valence-electron chi connectivity index (χ4n) is 2.18. The summed E-state index contributed by atoms with van der Waals surface area (Å²) in [5, 5.41) is 5.47. The van der Waals surface area contributed by atoms with Crippen LogP contribution in [0.25, 0.3) is 0 Å². The topological polar surface area (TPSA) is 41.1 Å². The van der Waals surface area contributed by atoms with Crippen LogP contribution in [0.2, 0.25) is 0 Å². The molecule has 1 aromatic rings. The summed E-state index contributed by atoms with van der Waals surface area (Å²) in [6.45, 7) is 1.57. The normalized spacial score (nSPS) is 19.1. The van der Waals surface area contributed by atoms with E-state index in [0.29, 0.717) is 12.1 Å². The Morgan fingerprint density at radius 3 is 2.75 bits per heavy atom. The molecule has 0 aliphatic carbocycles. The lowest BCUT2D eigenvalue weighted by Crippen LogP contribution is -2.19. The van der Waals surface area contributed by atoms with Crippen LogP contribution in [0.5, 0.6) is 0 Å². The quantitative estimate of drug-likeness (QED) is 0.840. The molecular weight excluding hydrogens is 276 g/mol. The summed E-state index contributed by atoms with van der Waals surface area (Å²) < 4.78 is 50.7. The molecule has 7 heteroatoms. The minimum absolute atomic E-state index is 0.0466. The molecule has 1 fully saturated rings. The number of hydrogen-bond acceptors (Lipinski definition) is 2. The van der Waals surface area contributed by atoms with E-state index < -0.39 is 17.6 Å². The highest BCUT2D eigenvalue weighted by Crippen LogP contribution is 2.33. The molecule has 0 saturated carbocycles. The second kappa shape index (κ2) is 5.78. The summed E-state index contributed by atoms with van der Waals surface area (Å²) in [4.78, 5) is 11.7. The summed E-state index contributed by atoms with van der Waals surface area (Å²) in [5.74, 6) is -1.52. The summed E-state index contributed by atoms with van der Waals surface area (Å²) >= 11 is 0. The predicted molar refractivity (Wildman–Crippen MR) is 65.6 cm³/mol. The van der Waals surface area contributed by atoms with E-state index in [1.807, 2.05) is 0 Å². The van der Waals surface area contributed by atoms with Crippen molar-refractivity contribution < 1.29 is 22.4 Å². The second-order valence-electron chi connectivity index (χ2n) is 4.80. The largest absolute Gasteiger partial charge is 0.419 e. The SMILES string of the molecule is O=C(CC1CCNC1)Nc1ccc(F)c(C(F)(F)F)c1. The molecule has 2 rings (SSSR count). The third kappa shape index (κ3) is 3.69. The zero-order valence-corrected chi connectivity index (χ0v) is 10.6. The fourth-order valence-corrected chi connectivity index (χ4v) is 2.18. The van der Waals surface area contributed by atoms with Gasteiger partial charge < -0.3 is 10.6 Å². The van der Waals surface area contributed by atoms with Gasteiger partial charge in [0.25, 0.3) is 0 Å². The number of carbonyl (C=O) groups is 1. The lowest BCUT2D eigenvalue weighted by molar-refractivity contribution is -0.140. The molecule has 0 bridgehead atoms. The first-order chi connectivity index (χ1) is 9.36. The van der Waals surface area contributed by atoms with Gasteiger partial charge in [0.2, 0.25) is 5.91 Å². The Bertz CT molecular complexity index is 496. The van der Waals surface area contributed by atoms with Crippen molar-refractivity contribution in [3.05, 3.63) is 29.6 Å². The maximum Gasteiger partial charge on any atom is 0.419 e. The van der Waals surface area contributed by atoms with Gasteiger partial charge in [0.15, 0.2) is 0 Å². The fraction of sp³-hybridized carbons (Fsp3) is 0.462. The monoisotopic (exact) mass is 290 g/mol. The average molecular weight is 290 g/mol. The summed E-state index contributed by atoms with van der Waals surface area (Å²) in [6.07, 6.45) is -3.67. The molecule has 0 aromatic heterocycles. The van der Waals surface area contributed by atoms with E-state index in [-0.39, 0.29) is 23.9 Å². The van der Waals surface area contributed by atoms with E-state index in [2.05, 4.69) is 10.6 Å². The lowest BCUT2D eigenvalue weighted by atomic mass is 10.0. The van der Waals surface area contributed by atoms with E-state index >= 15 is 0 Å². The van der Waals surface area contributed by atoms with Crippen LogP contribution in [0, 0.1) is 11.7 Å². The Morgan fingerprint density at radius 2 is 2.15 bits per heavy atom. The number of hydrogen-bond donors (Lipinski definition) is 2. The first kappa shape index (κ1) is 14.8. The van der Waals surface area contributed by atoms with Crippen molar-refractivity contribution in [2.75, 3.05) is 18.4 Å². The first-order valence-corrected chi connectivity index (χ1v) is 6.23. The summed E-state index contributed by atoms with van der Waals surface area (Å²) in [5.41, 5.74) is -1.42. The molecule has 1 aliphatic rings. The van der Waals surface area contributed by atoms with E-state index in [1.54, 1.807) is 0 Å². The molecule has 1 aliphatic heterocycles. The van der Waals surface area contributed by atoms with Gasteiger partial charge in [-0.2, -0.15) is 13.2 Å². The Kier molecular flexibility index (Phi) is 4.27. The van der Waals surface area contributed by atoms with Crippen molar-refractivity contribution in [1.82, 2.24) is 5.32 Å². The molecule has 3 nitrogen and oxygen atoms in total. The minimum atomic E-state index is -4.78. The Labute approximate surface area is 113 Å². The molecule has 1 unspecified atom stereocenters. The van der Waals surface area contributed by atoms with E-state index in [0.717, 1.165) is 25.6 Å². The number of halogens is 4. The molecule has 20 heavy (non-hydrogen) atoms. The predicted octanol–water partition coefficient (Wildman–Crippen LogP) is 2.78. The smallest absolute Gasteiger partial charge is 0.326 e. The summed E-state index contributed by atoms with van der Waals surface area (Å²) in [6, 6.07) is 2.44. The Hall–Kier alpha value is -1.63. The van der Waals surface area contributed by atoms with Gasteiger partial charge in [0.05, 0.1) is 5.56 Å². The van der Waals surface area contributed by atoms with Crippen molar-refractivity contribution in [3.8, 4) is 0 Å². The van der Waals surface area contributed by atoms with Gasteiger partial charge >= 0.3 is 6.18 Å². The minimum Gasteiger partial charge on any atom is -0.326 e. The number of benzene rings is 1. The van der Waals surface area contributed by atoms with Gasteiger partial charge in [-0.3, -0.25) is 4.79 Å². The zero-order valence-electron chi connectivity index (χ0n) is 10.6. The number of nitrogens with one attached hydrogen (secondary N) is 2. The van der Waals surface area contributed by atoms with E-state index in [1.165, 1.54) is 0 Å². The number of carbonyl (C=O) groups excluding carboxylic acids is 1. The lowest BCUT2D eigenvalue weighted by Gasteiger charge is -2.12. The van der Waals surface area contributed by atoms with Crippen molar-refractivity contribution in [2.24, 2.45) is 5.92 Å². The van der Waals surface area contributed by atoms with Crippen LogP contribution in [-0.2, 0) is 11.0 Å². The van der Waals surface area contributed by atoms with Crippen molar-refractivity contribution in [3.63, 3.8) is 0 Å². The number of rotatable bonds is 3. The zero-order chi connectivity index (χ0) is 14.8. The molecule has 0 spiro atoms. The Balaban J connectivity index is 2.04. The van der Waals surface area contributed by atoms with Crippen LogP contribution < -0.4 is 10.6 Å². The average Bonchev–Trinajstić information content (AvgIpc) is 2.83. The second-order valence-corrected chi connectivity index (χ2v) is 4.80. The third-order valence-corrected chi connectivity index (χ3v) is 3.19. The highest BCUT2D eigenvalue weighted by atomic mass is 19.4. The first-order valence-electron chi connectivity index (χ1n) is 6.23. The van der Waals surface area contributed by atoms with Crippen LogP contribution in [0.1, 0.15) is 18.4 Å². The standard InChI is InChI=1S/C13H14F4N2O/c14-11-2-1-9(6-10(11)13(15,16)17)19-12(20)5-8-3-4-18-7-8/h1-2,6,8,18H,3-5,7H2,(H,19,20). The van der Waals surface area contributed by atoms with Gasteiger partial charge in [-0.15, -0.1) is 0 Å². The molecule has 1 saturated heterocycles. The van der Waals surface area contributed by atoms with Gasteiger partial charge in [-0.25, -0.2) is 4.39 Å². The van der Waals surface area contributed by atoms with Gasteiger partial charge in [0, 0.05) is 12.1 Å². The maximum absolute atomic E-state index is 13.1. The van der Waals surface area contributed by atoms with Crippen molar-refractivity contribution >= 4 is 11.6 Å². The van der Waals surface area contributed by atoms with Crippen LogP contribution in [-0.4, -0.2) is 19.0 Å². The van der Waals surface area contributed by atoms with Gasteiger partial charge in [0.1, 0.15) is 5.82 Å².